The van der Waals surface area contributed by atoms with Gasteiger partial charge in [-0.05, 0) is 18.8 Å². The largest absolute Gasteiger partial charge is 0.467 e. The van der Waals surface area contributed by atoms with Gasteiger partial charge in [0.1, 0.15) is 0 Å². The van der Waals surface area contributed by atoms with Crippen LogP contribution in [0.2, 0.25) is 0 Å². The number of nitrogens with zero attached hydrogens (tertiary/aromatic N) is 4. The van der Waals surface area contributed by atoms with E-state index in [0.717, 1.165) is 19.6 Å². The van der Waals surface area contributed by atoms with Crippen molar-refractivity contribution in [3.63, 3.8) is 0 Å². The summed E-state index contributed by atoms with van der Waals surface area (Å²) in [7, 11) is 3.09. The van der Waals surface area contributed by atoms with Crippen molar-refractivity contribution >= 4 is 5.95 Å². The Labute approximate surface area is 112 Å². The van der Waals surface area contributed by atoms with Crippen LogP contribution in [0.5, 0.6) is 12.0 Å². The van der Waals surface area contributed by atoms with Gasteiger partial charge in [-0.25, -0.2) is 0 Å². The van der Waals surface area contributed by atoms with Crippen LogP contribution in [0, 0.1) is 11.8 Å². The van der Waals surface area contributed by atoms with Crippen molar-refractivity contribution < 1.29 is 9.47 Å². The molecule has 1 N–H and O–H groups in total. The Morgan fingerprint density at radius 1 is 1.11 bits per heavy atom. The first-order valence-electron chi connectivity index (χ1n) is 6.54. The summed E-state index contributed by atoms with van der Waals surface area (Å²) in [5, 5.41) is 3.44. The van der Waals surface area contributed by atoms with Gasteiger partial charge in [0.05, 0.1) is 14.2 Å². The lowest BCUT2D eigenvalue weighted by atomic mass is 9.95. The molecule has 0 aromatic carbocycles. The van der Waals surface area contributed by atoms with Crippen LogP contribution in [-0.4, -0.2) is 54.8 Å². The van der Waals surface area contributed by atoms with Gasteiger partial charge in [0, 0.05) is 25.7 Å². The van der Waals surface area contributed by atoms with Gasteiger partial charge in [0.2, 0.25) is 5.95 Å². The summed E-state index contributed by atoms with van der Waals surface area (Å²) in [6, 6.07) is 1.00. The average molecular weight is 265 g/mol. The van der Waals surface area contributed by atoms with Gasteiger partial charge >= 0.3 is 12.0 Å². The minimum Gasteiger partial charge on any atom is -0.467 e. The Morgan fingerprint density at radius 2 is 1.79 bits per heavy atom. The third kappa shape index (κ3) is 2.07. The van der Waals surface area contributed by atoms with Crippen molar-refractivity contribution in [3.05, 3.63) is 0 Å². The fourth-order valence-corrected chi connectivity index (χ4v) is 3.07. The zero-order valence-electron chi connectivity index (χ0n) is 11.5. The van der Waals surface area contributed by atoms with Crippen molar-refractivity contribution in [2.24, 2.45) is 11.8 Å². The molecular formula is C12H19N5O2. The van der Waals surface area contributed by atoms with Gasteiger partial charge < -0.3 is 19.7 Å². The van der Waals surface area contributed by atoms with Gasteiger partial charge in [-0.1, -0.05) is 0 Å². The first-order valence-corrected chi connectivity index (χ1v) is 6.54. The summed E-state index contributed by atoms with van der Waals surface area (Å²) < 4.78 is 10.2. The molecule has 7 heteroatoms. The van der Waals surface area contributed by atoms with E-state index in [1.165, 1.54) is 0 Å². The fourth-order valence-electron chi connectivity index (χ4n) is 3.07. The van der Waals surface area contributed by atoms with Crippen molar-refractivity contribution in [1.82, 2.24) is 20.3 Å². The second kappa shape index (κ2) is 4.80. The molecule has 0 radical (unpaired) electrons. The normalized spacial score (nSPS) is 29.4. The molecule has 2 aliphatic heterocycles. The quantitative estimate of drug-likeness (QED) is 0.820. The molecule has 3 heterocycles. The molecule has 0 spiro atoms. The van der Waals surface area contributed by atoms with Crippen molar-refractivity contribution in [2.75, 3.05) is 38.8 Å². The summed E-state index contributed by atoms with van der Waals surface area (Å²) in [6.07, 6.45) is 0. The Morgan fingerprint density at radius 3 is 2.37 bits per heavy atom. The maximum atomic E-state index is 5.10. The summed E-state index contributed by atoms with van der Waals surface area (Å²) in [5.41, 5.74) is 0. The molecule has 3 unspecified atom stereocenters. The minimum absolute atomic E-state index is 0.296. The summed E-state index contributed by atoms with van der Waals surface area (Å²) in [6.45, 7) is 5.34. The predicted octanol–water partition coefficient (Wildman–Crippen LogP) is -0.0671. The van der Waals surface area contributed by atoms with Gasteiger partial charge in [0.25, 0.3) is 0 Å². The molecule has 19 heavy (non-hydrogen) atoms. The Balaban J connectivity index is 1.89. The third-order valence-electron chi connectivity index (χ3n) is 4.14. The smallest absolute Gasteiger partial charge is 0.324 e. The van der Waals surface area contributed by atoms with Crippen LogP contribution in [0.25, 0.3) is 0 Å². The number of rotatable bonds is 3. The highest BCUT2D eigenvalue weighted by molar-refractivity contribution is 5.37. The molecule has 3 atom stereocenters. The van der Waals surface area contributed by atoms with E-state index in [-0.39, 0.29) is 0 Å². The van der Waals surface area contributed by atoms with Crippen molar-refractivity contribution in [1.29, 1.82) is 0 Å². The Hall–Kier alpha value is -1.63. The molecule has 2 fully saturated rings. The van der Waals surface area contributed by atoms with Crippen LogP contribution >= 0.6 is 0 Å². The van der Waals surface area contributed by atoms with E-state index >= 15 is 0 Å². The topological polar surface area (TPSA) is 72.4 Å². The van der Waals surface area contributed by atoms with Crippen LogP contribution in [0.1, 0.15) is 6.92 Å². The summed E-state index contributed by atoms with van der Waals surface area (Å²) in [5.74, 6) is 1.98. The maximum Gasteiger partial charge on any atom is 0.324 e. The number of ether oxygens (including phenoxy) is 2. The first kappa shape index (κ1) is 12.4. The number of fused-ring (bicyclic) bond motifs is 1. The Kier molecular flexibility index (Phi) is 3.14. The maximum absolute atomic E-state index is 5.10. The lowest BCUT2D eigenvalue weighted by Crippen LogP contribution is -2.34. The van der Waals surface area contributed by atoms with Crippen LogP contribution in [-0.2, 0) is 0 Å². The molecule has 104 valence electrons. The van der Waals surface area contributed by atoms with E-state index in [4.69, 9.17) is 9.47 Å². The monoisotopic (exact) mass is 265 g/mol. The molecule has 0 saturated carbocycles. The number of nitrogens with one attached hydrogen (secondary N) is 1. The van der Waals surface area contributed by atoms with Crippen LogP contribution < -0.4 is 19.7 Å². The number of methoxy groups -OCH3 is 2. The number of anilines is 1. The van der Waals surface area contributed by atoms with Gasteiger partial charge in [-0.3, -0.25) is 0 Å². The fraction of sp³-hybridized carbons (Fsp3) is 0.750. The second-order valence-electron chi connectivity index (χ2n) is 5.08. The number of hydrogen-bond donors (Lipinski definition) is 1. The standard InChI is InChI=1S/C12H19N5O2/c1-7-9-5-13-4-8(9)6-17(7)10-14-11(18-2)16-12(15-10)19-3/h7-9,13H,4-6H2,1-3H3. The summed E-state index contributed by atoms with van der Waals surface area (Å²) >= 11 is 0. The molecule has 1 aromatic rings. The van der Waals surface area contributed by atoms with Crippen LogP contribution in [0.4, 0.5) is 5.95 Å². The van der Waals surface area contributed by atoms with E-state index in [0.29, 0.717) is 35.8 Å². The average Bonchev–Trinajstić information content (AvgIpc) is 3.01. The molecule has 3 rings (SSSR count). The zero-order chi connectivity index (χ0) is 13.4. The number of aromatic nitrogens is 3. The molecule has 0 aliphatic carbocycles. The lowest BCUT2D eigenvalue weighted by molar-refractivity contribution is 0.339. The van der Waals surface area contributed by atoms with Crippen LogP contribution in [0.3, 0.4) is 0 Å². The van der Waals surface area contributed by atoms with E-state index in [9.17, 15) is 0 Å². The van der Waals surface area contributed by atoms with Gasteiger partial charge in [-0.2, -0.15) is 9.97 Å². The summed E-state index contributed by atoms with van der Waals surface area (Å²) in [4.78, 5) is 14.9. The van der Waals surface area contributed by atoms with E-state index in [1.807, 2.05) is 0 Å². The predicted molar refractivity (Wildman–Crippen MR) is 69.6 cm³/mol. The van der Waals surface area contributed by atoms with Crippen molar-refractivity contribution in [2.45, 2.75) is 13.0 Å². The first-order chi connectivity index (χ1) is 9.22. The molecule has 0 amide bonds. The van der Waals surface area contributed by atoms with E-state index in [1.54, 1.807) is 14.2 Å². The van der Waals surface area contributed by atoms with E-state index < -0.39 is 0 Å². The van der Waals surface area contributed by atoms with Crippen LogP contribution in [0.15, 0.2) is 0 Å². The van der Waals surface area contributed by atoms with Crippen molar-refractivity contribution in [3.8, 4) is 12.0 Å². The SMILES string of the molecule is COc1nc(OC)nc(N2CC3CNCC3C2C)n1. The molecule has 0 bridgehead atoms. The second-order valence-corrected chi connectivity index (χ2v) is 5.08. The highest BCUT2D eigenvalue weighted by Crippen LogP contribution is 2.34. The zero-order valence-corrected chi connectivity index (χ0v) is 11.5. The van der Waals surface area contributed by atoms with E-state index in [2.05, 4.69) is 32.1 Å². The molecule has 1 aromatic heterocycles. The lowest BCUT2D eigenvalue weighted by Gasteiger charge is -2.24. The number of hydrogen-bond acceptors (Lipinski definition) is 7. The van der Waals surface area contributed by atoms with Gasteiger partial charge in [0.15, 0.2) is 0 Å². The minimum atomic E-state index is 0.296. The highest BCUT2D eigenvalue weighted by Gasteiger charge is 2.43. The molecule has 2 aliphatic rings. The third-order valence-corrected chi connectivity index (χ3v) is 4.14. The molecular weight excluding hydrogens is 246 g/mol. The molecule has 2 saturated heterocycles. The highest BCUT2D eigenvalue weighted by atomic mass is 16.5. The van der Waals surface area contributed by atoms with Gasteiger partial charge in [-0.15, -0.1) is 4.98 Å². The Bertz CT molecular complexity index is 447. The molecule has 7 nitrogen and oxygen atoms in total.